The third-order valence-electron chi connectivity index (χ3n) is 2.74. The van der Waals surface area contributed by atoms with E-state index in [2.05, 4.69) is 5.32 Å². The number of benzene rings is 1. The summed E-state index contributed by atoms with van der Waals surface area (Å²) in [7, 11) is 0. The molecule has 1 aromatic rings. The van der Waals surface area contributed by atoms with Crippen LogP contribution in [0.25, 0.3) is 6.08 Å². The Kier molecular flexibility index (Phi) is 2.53. The van der Waals surface area contributed by atoms with Gasteiger partial charge in [0.15, 0.2) is 11.5 Å². The molecule has 1 fully saturated rings. The summed E-state index contributed by atoms with van der Waals surface area (Å²) in [5.41, 5.74) is -0.195. The predicted molar refractivity (Wildman–Crippen MR) is 63.9 cm³/mol. The normalized spacial score (nSPS) is 18.1. The topological polar surface area (TPSA) is 120 Å². The third-order valence-corrected chi connectivity index (χ3v) is 2.74. The van der Waals surface area contributed by atoms with Gasteiger partial charge in [-0.15, -0.1) is 0 Å². The van der Waals surface area contributed by atoms with Gasteiger partial charge in [0.05, 0.1) is 16.6 Å². The zero-order valence-electron chi connectivity index (χ0n) is 9.84. The Balaban J connectivity index is 2.09. The molecule has 2 aliphatic rings. The Hall–Kier alpha value is -3.10. The molecular formula is C11H7N3O6. The van der Waals surface area contributed by atoms with E-state index < -0.39 is 16.9 Å². The van der Waals surface area contributed by atoms with Crippen molar-refractivity contribution in [1.29, 1.82) is 0 Å². The molecule has 0 aromatic heterocycles. The first kappa shape index (κ1) is 12.0. The number of amides is 3. The van der Waals surface area contributed by atoms with Gasteiger partial charge >= 0.3 is 6.03 Å². The smallest absolute Gasteiger partial charge is 0.326 e. The summed E-state index contributed by atoms with van der Waals surface area (Å²) in [5, 5.41) is 15.3. The van der Waals surface area contributed by atoms with Crippen LogP contribution >= 0.6 is 0 Å². The molecule has 1 saturated heterocycles. The molecule has 2 heterocycles. The molecule has 9 nitrogen and oxygen atoms in total. The lowest BCUT2D eigenvalue weighted by molar-refractivity contribution is -0.385. The summed E-state index contributed by atoms with van der Waals surface area (Å²) in [6, 6.07) is 1.92. The first-order valence-corrected chi connectivity index (χ1v) is 5.46. The second kappa shape index (κ2) is 4.23. The number of nitrogens with zero attached hydrogens (tertiary/aromatic N) is 1. The largest absolute Gasteiger partial charge is 0.454 e. The fourth-order valence-electron chi connectivity index (χ4n) is 1.86. The standard InChI is InChI=1S/C11H7N3O6/c15-10-6(12-11(16)13-10)1-5-2-8-9(20-4-19-8)3-7(5)14(17)18/h1-3H,4H2,(H2,12,13,15,16). The maximum Gasteiger partial charge on any atom is 0.326 e. The summed E-state index contributed by atoms with van der Waals surface area (Å²) in [5.74, 6) is -0.0482. The zero-order valence-corrected chi connectivity index (χ0v) is 9.84. The highest BCUT2D eigenvalue weighted by Gasteiger charge is 2.27. The van der Waals surface area contributed by atoms with Crippen molar-refractivity contribution >= 4 is 23.7 Å². The molecule has 0 radical (unpaired) electrons. The molecule has 1 aromatic carbocycles. The van der Waals surface area contributed by atoms with Gasteiger partial charge in [0.1, 0.15) is 5.70 Å². The Morgan fingerprint density at radius 1 is 1.20 bits per heavy atom. The number of fused-ring (bicyclic) bond motifs is 1. The van der Waals surface area contributed by atoms with Gasteiger partial charge in [-0.1, -0.05) is 0 Å². The van der Waals surface area contributed by atoms with E-state index in [1.54, 1.807) is 0 Å². The van der Waals surface area contributed by atoms with Gasteiger partial charge in [-0.05, 0) is 12.1 Å². The van der Waals surface area contributed by atoms with E-state index in [1.807, 2.05) is 5.32 Å². The first-order chi connectivity index (χ1) is 9.54. The minimum atomic E-state index is -0.676. The Morgan fingerprint density at radius 3 is 2.50 bits per heavy atom. The number of imide groups is 1. The Bertz CT molecular complexity index is 681. The molecule has 0 spiro atoms. The van der Waals surface area contributed by atoms with Crippen LogP contribution < -0.4 is 20.1 Å². The number of nitro benzene ring substituents is 1. The van der Waals surface area contributed by atoms with Gasteiger partial charge in [0.2, 0.25) is 6.79 Å². The van der Waals surface area contributed by atoms with E-state index in [0.717, 1.165) is 0 Å². The van der Waals surface area contributed by atoms with Crippen molar-refractivity contribution in [2.24, 2.45) is 0 Å². The molecule has 102 valence electrons. The van der Waals surface area contributed by atoms with Crippen LogP contribution in [-0.2, 0) is 4.79 Å². The Labute approximate surface area is 111 Å². The quantitative estimate of drug-likeness (QED) is 0.351. The van der Waals surface area contributed by atoms with Crippen LogP contribution in [-0.4, -0.2) is 23.7 Å². The van der Waals surface area contributed by atoms with E-state index in [4.69, 9.17) is 9.47 Å². The molecule has 0 aliphatic carbocycles. The first-order valence-electron chi connectivity index (χ1n) is 5.46. The fourth-order valence-corrected chi connectivity index (χ4v) is 1.86. The number of carbonyl (C=O) groups is 2. The van der Waals surface area contributed by atoms with Crippen molar-refractivity contribution in [3.8, 4) is 11.5 Å². The summed E-state index contributed by atoms with van der Waals surface area (Å²) in [4.78, 5) is 32.8. The van der Waals surface area contributed by atoms with Crippen LogP contribution in [0.1, 0.15) is 5.56 Å². The van der Waals surface area contributed by atoms with Gasteiger partial charge in [0.25, 0.3) is 11.6 Å². The van der Waals surface area contributed by atoms with Crippen LogP contribution in [0.5, 0.6) is 11.5 Å². The number of hydrogen-bond donors (Lipinski definition) is 2. The molecule has 0 bridgehead atoms. The fraction of sp³-hybridized carbons (Fsp3) is 0.0909. The van der Waals surface area contributed by atoms with Gasteiger partial charge < -0.3 is 14.8 Å². The van der Waals surface area contributed by atoms with Gasteiger partial charge in [-0.3, -0.25) is 20.2 Å². The van der Waals surface area contributed by atoms with E-state index in [1.165, 1.54) is 18.2 Å². The second-order valence-corrected chi connectivity index (χ2v) is 3.99. The second-order valence-electron chi connectivity index (χ2n) is 3.99. The number of nitrogens with one attached hydrogen (secondary N) is 2. The van der Waals surface area contributed by atoms with Crippen molar-refractivity contribution in [2.45, 2.75) is 0 Å². The molecule has 0 saturated carbocycles. The van der Waals surface area contributed by atoms with Crippen LogP contribution in [0, 0.1) is 10.1 Å². The number of rotatable bonds is 2. The molecule has 3 rings (SSSR count). The van der Waals surface area contributed by atoms with Crippen LogP contribution in [0.3, 0.4) is 0 Å². The van der Waals surface area contributed by atoms with E-state index in [0.29, 0.717) is 5.75 Å². The maximum atomic E-state index is 11.4. The average molecular weight is 277 g/mol. The lowest BCUT2D eigenvalue weighted by Gasteiger charge is -2.01. The third kappa shape index (κ3) is 1.90. The number of hydrogen-bond acceptors (Lipinski definition) is 6. The van der Waals surface area contributed by atoms with E-state index >= 15 is 0 Å². The SMILES string of the molecule is O=C1NC(=O)C(=Cc2cc3c(cc2[N+](=O)[O-])OCO3)N1. The van der Waals surface area contributed by atoms with Crippen molar-refractivity contribution in [3.05, 3.63) is 33.5 Å². The maximum absolute atomic E-state index is 11.4. The number of nitro groups is 1. The number of carbonyl (C=O) groups excluding carboxylic acids is 2. The molecule has 2 aliphatic heterocycles. The summed E-state index contributed by atoms with van der Waals surface area (Å²) >= 11 is 0. The molecule has 3 amide bonds. The van der Waals surface area contributed by atoms with E-state index in [9.17, 15) is 19.7 Å². The van der Waals surface area contributed by atoms with Crippen LogP contribution in [0.15, 0.2) is 17.8 Å². The summed E-state index contributed by atoms with van der Waals surface area (Å²) in [6.07, 6.45) is 1.21. The van der Waals surface area contributed by atoms with E-state index in [-0.39, 0.29) is 29.5 Å². The minimum absolute atomic E-state index is 0.0241. The summed E-state index contributed by atoms with van der Waals surface area (Å²) in [6.45, 7) is -0.0241. The van der Waals surface area contributed by atoms with Crippen LogP contribution in [0.4, 0.5) is 10.5 Å². The van der Waals surface area contributed by atoms with Crippen molar-refractivity contribution in [3.63, 3.8) is 0 Å². The number of ether oxygens (including phenoxy) is 2. The Morgan fingerprint density at radius 2 is 1.90 bits per heavy atom. The van der Waals surface area contributed by atoms with Gasteiger partial charge in [0, 0.05) is 0 Å². The molecule has 9 heteroatoms. The molecule has 0 unspecified atom stereocenters. The van der Waals surface area contributed by atoms with Crippen molar-refractivity contribution in [1.82, 2.24) is 10.6 Å². The van der Waals surface area contributed by atoms with Crippen LogP contribution in [0.2, 0.25) is 0 Å². The highest BCUT2D eigenvalue weighted by Crippen LogP contribution is 2.38. The lowest BCUT2D eigenvalue weighted by atomic mass is 10.1. The predicted octanol–water partition coefficient (Wildman–Crippen LogP) is 0.504. The number of urea groups is 1. The molecular weight excluding hydrogens is 270 g/mol. The highest BCUT2D eigenvalue weighted by atomic mass is 16.7. The average Bonchev–Trinajstić information content (AvgIpc) is 2.94. The van der Waals surface area contributed by atoms with Crippen molar-refractivity contribution in [2.75, 3.05) is 6.79 Å². The lowest BCUT2D eigenvalue weighted by Crippen LogP contribution is -2.22. The zero-order chi connectivity index (χ0) is 14.3. The molecule has 0 atom stereocenters. The van der Waals surface area contributed by atoms with Gasteiger partial charge in [-0.2, -0.15) is 0 Å². The molecule has 2 N–H and O–H groups in total. The monoisotopic (exact) mass is 277 g/mol. The van der Waals surface area contributed by atoms with Gasteiger partial charge in [-0.25, -0.2) is 4.79 Å². The molecule has 20 heavy (non-hydrogen) atoms. The van der Waals surface area contributed by atoms with Crippen molar-refractivity contribution < 1.29 is 24.0 Å². The minimum Gasteiger partial charge on any atom is -0.454 e. The summed E-state index contributed by atoms with van der Waals surface area (Å²) < 4.78 is 10.2. The highest BCUT2D eigenvalue weighted by molar-refractivity contribution is 6.14.